The molecule has 0 saturated heterocycles. The van der Waals surface area contributed by atoms with Crippen LogP contribution in [0.5, 0.6) is 0 Å². The van der Waals surface area contributed by atoms with E-state index in [9.17, 15) is 0 Å². The Balaban J connectivity index is 1.91. The first-order chi connectivity index (χ1) is 8.72. The zero-order chi connectivity index (χ0) is 13.0. The summed E-state index contributed by atoms with van der Waals surface area (Å²) in [5.74, 6) is 2.38. The van der Waals surface area contributed by atoms with Crippen molar-refractivity contribution in [2.24, 2.45) is 5.92 Å². The second-order valence-corrected chi connectivity index (χ2v) is 5.71. The van der Waals surface area contributed by atoms with Crippen molar-refractivity contribution in [1.82, 2.24) is 20.1 Å². The number of aromatic nitrogens is 3. The molecule has 1 heterocycles. The lowest BCUT2D eigenvalue weighted by Crippen LogP contribution is -2.39. The number of rotatable bonds is 5. The highest BCUT2D eigenvalue weighted by atomic mass is 35.5. The van der Waals surface area contributed by atoms with E-state index in [-0.39, 0.29) is 0 Å². The van der Waals surface area contributed by atoms with Gasteiger partial charge >= 0.3 is 0 Å². The Kier molecular flexibility index (Phi) is 5.01. The molecule has 5 heteroatoms. The van der Waals surface area contributed by atoms with E-state index < -0.39 is 0 Å². The summed E-state index contributed by atoms with van der Waals surface area (Å²) in [5, 5.41) is 7.87. The fraction of sp³-hybridized carbons (Fsp3) is 0.846. The average Bonchev–Trinajstić information content (AvgIpc) is 2.85. The number of hydrogen-bond acceptors (Lipinski definition) is 3. The van der Waals surface area contributed by atoms with Gasteiger partial charge in [0.15, 0.2) is 0 Å². The van der Waals surface area contributed by atoms with Crippen molar-refractivity contribution in [2.75, 3.05) is 5.88 Å². The van der Waals surface area contributed by atoms with Gasteiger partial charge in [-0.1, -0.05) is 12.8 Å². The summed E-state index contributed by atoms with van der Waals surface area (Å²) in [5.41, 5.74) is 0. The van der Waals surface area contributed by atoms with Gasteiger partial charge in [-0.2, -0.15) is 5.10 Å². The largest absolute Gasteiger partial charge is 0.307 e. The third-order valence-corrected chi connectivity index (χ3v) is 4.16. The lowest BCUT2D eigenvalue weighted by molar-refractivity contribution is 0.278. The number of hydrogen-bond donors (Lipinski definition) is 1. The van der Waals surface area contributed by atoms with Gasteiger partial charge in [-0.3, -0.25) is 0 Å². The monoisotopic (exact) mass is 270 g/mol. The summed E-state index contributed by atoms with van der Waals surface area (Å²) in [6.07, 6.45) is 6.74. The predicted molar refractivity (Wildman–Crippen MR) is 73.7 cm³/mol. The van der Waals surface area contributed by atoms with Crippen LogP contribution in [0.15, 0.2) is 6.33 Å². The molecule has 1 aliphatic carbocycles. The zero-order valence-electron chi connectivity index (χ0n) is 11.3. The van der Waals surface area contributed by atoms with Crippen LogP contribution in [0.4, 0.5) is 0 Å². The molecular formula is C13H23ClN4. The Morgan fingerprint density at radius 3 is 2.94 bits per heavy atom. The lowest BCUT2D eigenvalue weighted by atomic mass is 9.86. The van der Waals surface area contributed by atoms with Gasteiger partial charge < -0.3 is 5.32 Å². The van der Waals surface area contributed by atoms with Crippen LogP contribution in [0.25, 0.3) is 0 Å². The summed E-state index contributed by atoms with van der Waals surface area (Å²) < 4.78 is 1.98. The molecule has 0 bridgehead atoms. The third kappa shape index (κ3) is 3.23. The van der Waals surface area contributed by atoms with Crippen molar-refractivity contribution >= 4 is 11.6 Å². The molecule has 1 fully saturated rings. The number of nitrogens with one attached hydrogen (secondary N) is 1. The van der Waals surface area contributed by atoms with Crippen LogP contribution in [0.2, 0.25) is 0 Å². The smallest absolute Gasteiger partial charge is 0.141 e. The van der Waals surface area contributed by atoms with Crippen LogP contribution in [0.1, 0.15) is 51.4 Å². The number of nitrogens with zero attached hydrogens (tertiary/aromatic N) is 3. The molecule has 2 unspecified atom stereocenters. The molecule has 1 aromatic heterocycles. The minimum Gasteiger partial charge on any atom is -0.307 e. The summed E-state index contributed by atoms with van der Waals surface area (Å²) in [6, 6.07) is 0.896. The van der Waals surface area contributed by atoms with Crippen molar-refractivity contribution in [3.8, 4) is 0 Å². The van der Waals surface area contributed by atoms with Crippen LogP contribution in [-0.4, -0.2) is 26.7 Å². The minimum absolute atomic E-state index is 0.361. The first-order valence-corrected chi connectivity index (χ1v) is 7.43. The van der Waals surface area contributed by atoms with Crippen molar-refractivity contribution in [2.45, 2.75) is 58.2 Å². The first-order valence-electron chi connectivity index (χ1n) is 6.90. The van der Waals surface area contributed by atoms with Crippen LogP contribution < -0.4 is 5.32 Å². The molecule has 102 valence electrons. The molecule has 2 atom stereocenters. The molecule has 0 radical (unpaired) electrons. The maximum absolute atomic E-state index is 6.04. The Bertz CT molecular complexity index is 364. The molecule has 1 saturated carbocycles. The molecular weight excluding hydrogens is 248 g/mol. The van der Waals surface area contributed by atoms with Gasteiger partial charge in [0.2, 0.25) is 0 Å². The normalized spacial score (nSPS) is 24.7. The molecule has 0 spiro atoms. The highest BCUT2D eigenvalue weighted by Gasteiger charge is 2.24. The molecule has 0 aromatic carbocycles. The van der Waals surface area contributed by atoms with Gasteiger partial charge in [0, 0.05) is 18.0 Å². The molecule has 18 heavy (non-hydrogen) atoms. The maximum atomic E-state index is 6.04. The highest BCUT2D eigenvalue weighted by Crippen LogP contribution is 2.25. The van der Waals surface area contributed by atoms with E-state index in [1.165, 1.54) is 25.7 Å². The van der Waals surface area contributed by atoms with Gasteiger partial charge in [-0.25, -0.2) is 9.67 Å². The van der Waals surface area contributed by atoms with Crippen LogP contribution in [0, 0.1) is 5.92 Å². The molecule has 1 N–H and O–H groups in total. The minimum atomic E-state index is 0.361. The zero-order valence-corrected chi connectivity index (χ0v) is 12.0. The van der Waals surface area contributed by atoms with Gasteiger partial charge in [0.25, 0.3) is 0 Å². The molecule has 2 rings (SSSR count). The maximum Gasteiger partial charge on any atom is 0.141 e. The Morgan fingerprint density at radius 2 is 2.22 bits per heavy atom. The molecule has 1 aromatic rings. The van der Waals surface area contributed by atoms with Gasteiger partial charge in [-0.15, -0.1) is 11.6 Å². The fourth-order valence-electron chi connectivity index (χ4n) is 2.72. The third-order valence-electron chi connectivity index (χ3n) is 3.77. The fourth-order valence-corrected chi connectivity index (χ4v) is 3.08. The van der Waals surface area contributed by atoms with Crippen LogP contribution in [-0.2, 0) is 6.54 Å². The Morgan fingerprint density at radius 1 is 1.44 bits per heavy atom. The number of alkyl halides is 1. The molecule has 0 amide bonds. The summed E-state index contributed by atoms with van der Waals surface area (Å²) in [7, 11) is 0. The second-order valence-electron chi connectivity index (χ2n) is 5.40. The topological polar surface area (TPSA) is 42.7 Å². The summed E-state index contributed by atoms with van der Waals surface area (Å²) in [4.78, 5) is 4.33. The van der Waals surface area contributed by atoms with Crippen molar-refractivity contribution in [1.29, 1.82) is 0 Å². The second kappa shape index (κ2) is 6.53. The Labute approximate surface area is 114 Å². The van der Waals surface area contributed by atoms with Gasteiger partial charge in [0.1, 0.15) is 12.2 Å². The lowest BCUT2D eigenvalue weighted by Gasteiger charge is -2.31. The Hall–Kier alpha value is -0.610. The van der Waals surface area contributed by atoms with Crippen LogP contribution in [0.3, 0.4) is 0 Å². The van der Waals surface area contributed by atoms with E-state index in [0.717, 1.165) is 18.2 Å². The quantitative estimate of drug-likeness (QED) is 0.837. The SMILES string of the molecule is CC(C)n1ncnc1CNC1CCCCC1CCl. The molecule has 1 aliphatic rings. The highest BCUT2D eigenvalue weighted by molar-refractivity contribution is 6.18. The van der Waals surface area contributed by atoms with E-state index >= 15 is 0 Å². The molecule has 4 nitrogen and oxygen atoms in total. The molecule has 0 aliphatic heterocycles. The first kappa shape index (κ1) is 13.8. The van der Waals surface area contributed by atoms with Crippen molar-refractivity contribution < 1.29 is 0 Å². The van der Waals surface area contributed by atoms with Crippen LogP contribution >= 0.6 is 11.6 Å². The van der Waals surface area contributed by atoms with E-state index in [1.54, 1.807) is 6.33 Å². The van der Waals surface area contributed by atoms with E-state index in [4.69, 9.17) is 11.6 Å². The summed E-state index contributed by atoms with van der Waals surface area (Å²) >= 11 is 6.04. The summed E-state index contributed by atoms with van der Waals surface area (Å²) in [6.45, 7) is 5.04. The van der Waals surface area contributed by atoms with Crippen molar-refractivity contribution in [3.63, 3.8) is 0 Å². The average molecular weight is 271 g/mol. The standard InChI is InChI=1S/C13H23ClN4/c1-10(2)18-13(16-9-17-18)8-15-12-6-4-3-5-11(12)7-14/h9-12,15H,3-8H2,1-2H3. The van der Waals surface area contributed by atoms with Crippen molar-refractivity contribution in [3.05, 3.63) is 12.2 Å². The van der Waals surface area contributed by atoms with E-state index in [1.807, 2.05) is 4.68 Å². The van der Waals surface area contributed by atoms with E-state index in [0.29, 0.717) is 18.0 Å². The number of halogens is 1. The van der Waals surface area contributed by atoms with Gasteiger partial charge in [-0.05, 0) is 32.6 Å². The van der Waals surface area contributed by atoms with Gasteiger partial charge in [0.05, 0.1) is 6.54 Å². The van der Waals surface area contributed by atoms with E-state index in [2.05, 4.69) is 29.2 Å². The predicted octanol–water partition coefficient (Wildman–Crippen LogP) is 2.75.